The number of hydrogen-bond acceptors (Lipinski definition) is 2. The molecule has 8 aromatic rings. The van der Waals surface area contributed by atoms with Crippen LogP contribution in [0.3, 0.4) is 0 Å². The third kappa shape index (κ3) is 2.27. The van der Waals surface area contributed by atoms with E-state index in [-0.39, 0.29) is 0 Å². The van der Waals surface area contributed by atoms with Gasteiger partial charge in [-0.1, -0.05) is 60.7 Å². The van der Waals surface area contributed by atoms with Crippen molar-refractivity contribution in [3.05, 3.63) is 109 Å². The van der Waals surface area contributed by atoms with Gasteiger partial charge in [-0.25, -0.2) is 9.97 Å². The molecule has 3 aromatic heterocycles. The first kappa shape index (κ1) is 17.8. The summed E-state index contributed by atoms with van der Waals surface area (Å²) in [6.45, 7) is 0. The predicted octanol–water partition coefficient (Wildman–Crippen LogP) is 7.26. The summed E-state index contributed by atoms with van der Waals surface area (Å²) in [4.78, 5) is 9.75. The van der Waals surface area contributed by atoms with E-state index >= 15 is 0 Å². The molecule has 5 aromatic carbocycles. The van der Waals surface area contributed by atoms with Gasteiger partial charge in [0, 0.05) is 45.0 Å². The van der Waals surface area contributed by atoms with Gasteiger partial charge in [-0.05, 0) is 41.8 Å². The molecule has 3 heterocycles. The van der Waals surface area contributed by atoms with Crippen LogP contribution in [-0.2, 0) is 0 Å². The molecule has 0 fully saturated rings. The summed E-state index contributed by atoms with van der Waals surface area (Å²) in [5.74, 6) is 0.700. The van der Waals surface area contributed by atoms with E-state index in [9.17, 15) is 0 Å². The zero-order valence-electron chi connectivity index (χ0n) is 18.2. The second-order valence-electron chi connectivity index (χ2n) is 8.78. The largest absolute Gasteiger partial charge is 0.316 e. The summed E-state index contributed by atoms with van der Waals surface area (Å²) in [5, 5.41) is 7.23. The zero-order valence-corrected chi connectivity index (χ0v) is 18.2. The first-order valence-electron chi connectivity index (χ1n) is 11.4. The predicted molar refractivity (Wildman–Crippen MR) is 139 cm³/mol. The van der Waals surface area contributed by atoms with Crippen LogP contribution in [0.4, 0.5) is 0 Å². The van der Waals surface area contributed by atoms with Crippen LogP contribution in [0, 0.1) is 0 Å². The lowest BCUT2D eigenvalue weighted by atomic mass is 10.0. The Morgan fingerprint density at radius 3 is 2.41 bits per heavy atom. The standard InChI is InChI=1S/C30H18N4/c1-2-9-22(10-3-1)33-16-15-20-17-26-28-23(29(20)33)14-13-19-8-6-12-25(27(19)28)34(26)30-31-18-21-7-4-5-11-24(21)32-30/h1-18H. The molecule has 0 amide bonds. The number of benzene rings is 5. The van der Waals surface area contributed by atoms with Crippen LogP contribution in [-0.4, -0.2) is 19.1 Å². The van der Waals surface area contributed by atoms with Crippen molar-refractivity contribution in [1.29, 1.82) is 0 Å². The van der Waals surface area contributed by atoms with E-state index in [4.69, 9.17) is 9.97 Å². The second-order valence-corrected chi connectivity index (χ2v) is 8.78. The van der Waals surface area contributed by atoms with E-state index < -0.39 is 0 Å². The van der Waals surface area contributed by atoms with Crippen LogP contribution in [0.2, 0.25) is 0 Å². The molecular formula is C30H18N4. The van der Waals surface area contributed by atoms with Crippen LogP contribution >= 0.6 is 0 Å². The molecule has 34 heavy (non-hydrogen) atoms. The van der Waals surface area contributed by atoms with Gasteiger partial charge in [0.25, 0.3) is 0 Å². The molecule has 0 atom stereocenters. The first-order valence-corrected chi connectivity index (χ1v) is 11.4. The second kappa shape index (κ2) is 6.42. The lowest BCUT2D eigenvalue weighted by molar-refractivity contribution is 1.01. The van der Waals surface area contributed by atoms with E-state index in [1.807, 2.05) is 24.4 Å². The minimum atomic E-state index is 0.700. The Bertz CT molecular complexity index is 2010. The van der Waals surface area contributed by atoms with Crippen molar-refractivity contribution in [2.75, 3.05) is 0 Å². The molecule has 0 aliphatic heterocycles. The van der Waals surface area contributed by atoms with E-state index in [0.29, 0.717) is 5.95 Å². The average Bonchev–Trinajstić information content (AvgIpc) is 3.47. The third-order valence-corrected chi connectivity index (χ3v) is 6.94. The molecule has 0 saturated heterocycles. The lowest BCUT2D eigenvalue weighted by Crippen LogP contribution is -2.01. The summed E-state index contributed by atoms with van der Waals surface area (Å²) in [6.07, 6.45) is 4.08. The molecule has 158 valence electrons. The Morgan fingerprint density at radius 2 is 1.47 bits per heavy atom. The minimum absolute atomic E-state index is 0.700. The Morgan fingerprint density at radius 1 is 0.618 bits per heavy atom. The van der Waals surface area contributed by atoms with Gasteiger partial charge in [-0.3, -0.25) is 4.57 Å². The molecule has 4 nitrogen and oxygen atoms in total. The van der Waals surface area contributed by atoms with E-state index in [1.165, 1.54) is 32.4 Å². The molecule has 0 aliphatic rings. The molecule has 8 rings (SSSR count). The maximum Gasteiger partial charge on any atom is 0.235 e. The van der Waals surface area contributed by atoms with Crippen LogP contribution in [0.5, 0.6) is 0 Å². The molecule has 0 saturated carbocycles. The first-order chi connectivity index (χ1) is 16.9. The minimum Gasteiger partial charge on any atom is -0.316 e. The Balaban J connectivity index is 1.55. The number of hydrogen-bond donors (Lipinski definition) is 0. The van der Waals surface area contributed by atoms with Crippen molar-refractivity contribution >= 4 is 54.4 Å². The normalized spacial score (nSPS) is 12.1. The molecule has 0 radical (unpaired) electrons. The molecular weight excluding hydrogens is 416 g/mol. The molecule has 4 heteroatoms. The average molecular weight is 435 g/mol. The van der Waals surface area contributed by atoms with Gasteiger partial charge in [0.2, 0.25) is 5.95 Å². The third-order valence-electron chi connectivity index (χ3n) is 6.94. The van der Waals surface area contributed by atoms with Crippen molar-refractivity contribution in [3.8, 4) is 11.6 Å². The van der Waals surface area contributed by atoms with Crippen molar-refractivity contribution in [3.63, 3.8) is 0 Å². The fourth-order valence-electron chi connectivity index (χ4n) is 5.47. The quantitative estimate of drug-likeness (QED) is 0.268. The molecule has 0 spiro atoms. The topological polar surface area (TPSA) is 35.6 Å². The van der Waals surface area contributed by atoms with E-state index in [1.54, 1.807) is 0 Å². The number of fused-ring (bicyclic) bond motifs is 3. The molecule has 0 bridgehead atoms. The molecule has 0 N–H and O–H groups in total. The Labute approximate surface area is 194 Å². The molecule has 0 aliphatic carbocycles. The SMILES string of the molecule is c1ccc(-n2ccc3cc4c5c(ccc6cccc(c65)n4-c4ncc5ccccc5n4)c32)cc1. The Hall–Kier alpha value is -4.70. The smallest absolute Gasteiger partial charge is 0.235 e. The summed E-state index contributed by atoms with van der Waals surface area (Å²) in [5.41, 5.74) is 5.60. The van der Waals surface area contributed by atoms with Gasteiger partial charge in [-0.15, -0.1) is 0 Å². The van der Waals surface area contributed by atoms with Gasteiger partial charge in [-0.2, -0.15) is 0 Å². The van der Waals surface area contributed by atoms with Gasteiger partial charge < -0.3 is 4.57 Å². The highest BCUT2D eigenvalue weighted by Crippen LogP contribution is 2.42. The van der Waals surface area contributed by atoms with Crippen molar-refractivity contribution < 1.29 is 0 Å². The number of rotatable bonds is 2. The summed E-state index contributed by atoms with van der Waals surface area (Å²) in [7, 11) is 0. The van der Waals surface area contributed by atoms with Crippen molar-refractivity contribution in [2.45, 2.75) is 0 Å². The Kier molecular flexibility index (Phi) is 3.36. The van der Waals surface area contributed by atoms with Crippen molar-refractivity contribution in [1.82, 2.24) is 19.1 Å². The zero-order chi connectivity index (χ0) is 22.2. The van der Waals surface area contributed by atoms with Crippen LogP contribution < -0.4 is 0 Å². The monoisotopic (exact) mass is 434 g/mol. The maximum atomic E-state index is 4.96. The van der Waals surface area contributed by atoms with Gasteiger partial charge in [0.05, 0.1) is 22.1 Å². The fourth-order valence-corrected chi connectivity index (χ4v) is 5.47. The molecule has 0 unspecified atom stereocenters. The van der Waals surface area contributed by atoms with Crippen LogP contribution in [0.1, 0.15) is 0 Å². The highest BCUT2D eigenvalue weighted by atomic mass is 15.2. The van der Waals surface area contributed by atoms with Crippen molar-refractivity contribution in [2.24, 2.45) is 0 Å². The highest BCUT2D eigenvalue weighted by molar-refractivity contribution is 6.29. The summed E-state index contributed by atoms with van der Waals surface area (Å²) in [6, 6.07) is 34.1. The summed E-state index contributed by atoms with van der Waals surface area (Å²) < 4.78 is 4.51. The highest BCUT2D eigenvalue weighted by Gasteiger charge is 2.21. The van der Waals surface area contributed by atoms with E-state index in [2.05, 4.69) is 94.2 Å². The number of nitrogens with zero attached hydrogens (tertiary/aromatic N) is 4. The van der Waals surface area contributed by atoms with Gasteiger partial charge >= 0.3 is 0 Å². The van der Waals surface area contributed by atoms with E-state index in [0.717, 1.165) is 27.6 Å². The maximum absolute atomic E-state index is 4.96. The number of para-hydroxylation sites is 2. The van der Waals surface area contributed by atoms with Gasteiger partial charge in [0.1, 0.15) is 0 Å². The lowest BCUT2D eigenvalue weighted by Gasteiger charge is -2.10. The van der Waals surface area contributed by atoms with Gasteiger partial charge in [0.15, 0.2) is 0 Å². The fraction of sp³-hybridized carbons (Fsp3) is 0. The van der Waals surface area contributed by atoms with Crippen LogP contribution in [0.15, 0.2) is 109 Å². The number of aromatic nitrogens is 4. The van der Waals surface area contributed by atoms with Crippen LogP contribution in [0.25, 0.3) is 66.0 Å². The summed E-state index contributed by atoms with van der Waals surface area (Å²) >= 11 is 0.